The van der Waals surface area contributed by atoms with Gasteiger partial charge >= 0.3 is 0 Å². The number of benzene rings is 1. The molecule has 0 radical (unpaired) electrons. The molecule has 1 aromatic rings. The number of nitrogens with zero attached hydrogens (tertiary/aromatic N) is 2. The minimum absolute atomic E-state index is 0.0195. The molecule has 1 aromatic carbocycles. The first-order valence-electron chi connectivity index (χ1n) is 8.49. The van der Waals surface area contributed by atoms with Gasteiger partial charge in [-0.2, -0.15) is 4.99 Å². The highest BCUT2D eigenvalue weighted by Gasteiger charge is 2.50. The van der Waals surface area contributed by atoms with Crippen molar-refractivity contribution in [1.82, 2.24) is 0 Å². The molecule has 2 fully saturated rings. The summed E-state index contributed by atoms with van der Waals surface area (Å²) < 4.78 is 24.2. The number of hydrogen-bond donors (Lipinski definition) is 0. The van der Waals surface area contributed by atoms with Crippen LogP contribution in [0.25, 0.3) is 0 Å². The van der Waals surface area contributed by atoms with Crippen LogP contribution >= 0.6 is 35.0 Å². The Labute approximate surface area is 168 Å². The van der Waals surface area contributed by atoms with Crippen molar-refractivity contribution in [2.75, 3.05) is 16.4 Å². The zero-order valence-corrected chi connectivity index (χ0v) is 17.6. The van der Waals surface area contributed by atoms with Crippen LogP contribution < -0.4 is 4.90 Å². The van der Waals surface area contributed by atoms with E-state index >= 15 is 0 Å². The molecule has 142 valence electrons. The van der Waals surface area contributed by atoms with E-state index < -0.39 is 9.84 Å². The summed E-state index contributed by atoms with van der Waals surface area (Å²) in [6.45, 7) is 3.92. The number of amides is 1. The number of carbonyl (C=O) groups excluding carboxylic acids is 1. The Kier molecular flexibility index (Phi) is 5.92. The minimum Gasteiger partial charge on any atom is -0.314 e. The van der Waals surface area contributed by atoms with E-state index in [0.29, 0.717) is 20.9 Å². The number of amidine groups is 1. The molecule has 5 nitrogen and oxygen atoms in total. The fourth-order valence-corrected chi connectivity index (χ4v) is 7.63. The van der Waals surface area contributed by atoms with Gasteiger partial charge in [-0.25, -0.2) is 8.42 Å². The van der Waals surface area contributed by atoms with Gasteiger partial charge in [-0.05, 0) is 31.0 Å². The summed E-state index contributed by atoms with van der Waals surface area (Å²) in [4.78, 5) is 18.7. The SMILES string of the molecule is CCC(CC)C(=O)N=C1S[C@@H]2CS(=O)(=O)C[C@@H]2N1c1cc(Cl)ccc1Cl. The fraction of sp³-hybridized carbons (Fsp3) is 0.529. The molecule has 0 spiro atoms. The van der Waals surface area contributed by atoms with Crippen LogP contribution in [-0.4, -0.2) is 42.3 Å². The van der Waals surface area contributed by atoms with E-state index in [1.54, 1.807) is 23.1 Å². The van der Waals surface area contributed by atoms with Crippen molar-refractivity contribution >= 4 is 61.6 Å². The van der Waals surface area contributed by atoms with Crippen LogP contribution in [0, 0.1) is 5.92 Å². The van der Waals surface area contributed by atoms with Gasteiger partial charge in [0.15, 0.2) is 15.0 Å². The van der Waals surface area contributed by atoms with Gasteiger partial charge in [0, 0.05) is 16.2 Å². The summed E-state index contributed by atoms with van der Waals surface area (Å²) in [5.74, 6) is -0.214. The molecule has 0 unspecified atom stereocenters. The van der Waals surface area contributed by atoms with Gasteiger partial charge in [-0.3, -0.25) is 4.79 Å². The van der Waals surface area contributed by atoms with E-state index in [9.17, 15) is 13.2 Å². The van der Waals surface area contributed by atoms with Crippen LogP contribution in [0.3, 0.4) is 0 Å². The topological polar surface area (TPSA) is 66.8 Å². The first-order chi connectivity index (χ1) is 12.3. The van der Waals surface area contributed by atoms with E-state index in [2.05, 4.69) is 4.99 Å². The van der Waals surface area contributed by atoms with Gasteiger partial charge in [0.1, 0.15) is 0 Å². The Morgan fingerprint density at radius 1 is 1.31 bits per heavy atom. The lowest BCUT2D eigenvalue weighted by Crippen LogP contribution is -2.38. The number of aliphatic imine (C=N–C) groups is 1. The average molecular weight is 435 g/mol. The first-order valence-corrected chi connectivity index (χ1v) is 11.9. The lowest BCUT2D eigenvalue weighted by molar-refractivity contribution is -0.121. The van der Waals surface area contributed by atoms with Crippen molar-refractivity contribution in [3.63, 3.8) is 0 Å². The van der Waals surface area contributed by atoms with Gasteiger partial charge in [-0.1, -0.05) is 48.8 Å². The molecular formula is C17H20Cl2N2O3S2. The molecule has 2 aliphatic heterocycles. The number of halogens is 2. The van der Waals surface area contributed by atoms with Crippen LogP contribution in [0.2, 0.25) is 10.0 Å². The Balaban J connectivity index is 2.04. The van der Waals surface area contributed by atoms with Crippen molar-refractivity contribution in [3.05, 3.63) is 28.2 Å². The number of fused-ring (bicyclic) bond motifs is 1. The average Bonchev–Trinajstić information content (AvgIpc) is 3.02. The van der Waals surface area contributed by atoms with Gasteiger partial charge < -0.3 is 4.90 Å². The normalized spacial score (nSPS) is 25.9. The molecule has 2 atom stereocenters. The third-order valence-corrected chi connectivity index (χ3v) is 8.54. The Morgan fingerprint density at radius 2 is 2.00 bits per heavy atom. The lowest BCUT2D eigenvalue weighted by Gasteiger charge is -2.26. The van der Waals surface area contributed by atoms with Gasteiger partial charge in [-0.15, -0.1) is 0 Å². The van der Waals surface area contributed by atoms with Crippen molar-refractivity contribution in [2.24, 2.45) is 10.9 Å². The molecule has 26 heavy (non-hydrogen) atoms. The molecule has 0 N–H and O–H groups in total. The van der Waals surface area contributed by atoms with Crippen LogP contribution in [0.5, 0.6) is 0 Å². The number of anilines is 1. The summed E-state index contributed by atoms with van der Waals surface area (Å²) in [5, 5.41) is 1.28. The van der Waals surface area contributed by atoms with E-state index in [0.717, 1.165) is 12.8 Å². The Morgan fingerprint density at radius 3 is 2.65 bits per heavy atom. The zero-order chi connectivity index (χ0) is 19.1. The lowest BCUT2D eigenvalue weighted by atomic mass is 10.0. The second kappa shape index (κ2) is 7.70. The summed E-state index contributed by atoms with van der Waals surface area (Å²) in [7, 11) is -3.13. The fourth-order valence-electron chi connectivity index (χ4n) is 3.34. The third-order valence-electron chi connectivity index (χ3n) is 4.77. The van der Waals surface area contributed by atoms with Crippen molar-refractivity contribution in [3.8, 4) is 0 Å². The molecule has 1 amide bonds. The second-order valence-corrected chi connectivity index (χ2v) is 10.7. The summed E-state index contributed by atoms with van der Waals surface area (Å²) in [6.07, 6.45) is 1.44. The third kappa shape index (κ3) is 3.91. The van der Waals surface area contributed by atoms with Crippen molar-refractivity contribution < 1.29 is 13.2 Å². The zero-order valence-electron chi connectivity index (χ0n) is 14.5. The van der Waals surface area contributed by atoms with Crippen LogP contribution in [0.1, 0.15) is 26.7 Å². The molecule has 0 aliphatic carbocycles. The number of rotatable bonds is 4. The quantitative estimate of drug-likeness (QED) is 0.715. The number of thioether (sulfide) groups is 1. The van der Waals surface area contributed by atoms with Crippen molar-refractivity contribution in [2.45, 2.75) is 38.0 Å². The standard InChI is InChI=1S/C17H20Cl2N2O3S2/c1-3-10(4-2)16(22)20-17-21(13-7-11(18)5-6-12(13)19)14-8-26(23,24)9-15(14)25-17/h5-7,10,14-15H,3-4,8-9H2,1-2H3/t14-,15+/m0/s1. The van der Waals surface area contributed by atoms with Gasteiger partial charge in [0.2, 0.25) is 0 Å². The molecule has 2 heterocycles. The van der Waals surface area contributed by atoms with E-state index in [4.69, 9.17) is 23.2 Å². The minimum atomic E-state index is -3.13. The highest BCUT2D eigenvalue weighted by molar-refractivity contribution is 8.16. The van der Waals surface area contributed by atoms with E-state index in [1.165, 1.54) is 11.8 Å². The smallest absolute Gasteiger partial charge is 0.251 e. The molecule has 0 saturated carbocycles. The highest BCUT2D eigenvalue weighted by Crippen LogP contribution is 2.43. The maximum atomic E-state index is 12.5. The summed E-state index contributed by atoms with van der Waals surface area (Å²) >= 11 is 13.8. The first kappa shape index (κ1) is 20.0. The predicted octanol–water partition coefficient (Wildman–Crippen LogP) is 4.03. The van der Waals surface area contributed by atoms with E-state index in [-0.39, 0.29) is 34.6 Å². The van der Waals surface area contributed by atoms with Gasteiger partial charge in [0.25, 0.3) is 5.91 Å². The maximum absolute atomic E-state index is 12.5. The monoisotopic (exact) mass is 434 g/mol. The summed E-state index contributed by atoms with van der Waals surface area (Å²) in [6, 6.07) is 4.73. The number of hydrogen-bond acceptors (Lipinski definition) is 4. The summed E-state index contributed by atoms with van der Waals surface area (Å²) in [5.41, 5.74) is 0.590. The highest BCUT2D eigenvalue weighted by atomic mass is 35.5. The largest absolute Gasteiger partial charge is 0.314 e. The molecule has 2 aliphatic rings. The van der Waals surface area contributed by atoms with E-state index in [1.807, 2.05) is 13.8 Å². The molecular weight excluding hydrogens is 415 g/mol. The van der Waals surface area contributed by atoms with Gasteiger partial charge in [0.05, 0.1) is 28.3 Å². The molecule has 0 aromatic heterocycles. The molecule has 3 rings (SSSR count). The van der Waals surface area contributed by atoms with Crippen molar-refractivity contribution in [1.29, 1.82) is 0 Å². The van der Waals surface area contributed by atoms with Crippen LogP contribution in [0.4, 0.5) is 5.69 Å². The van der Waals surface area contributed by atoms with Crippen LogP contribution in [0.15, 0.2) is 23.2 Å². The number of carbonyl (C=O) groups is 1. The Bertz CT molecular complexity index is 854. The second-order valence-electron chi connectivity index (χ2n) is 6.51. The molecule has 9 heteroatoms. The Hall–Kier alpha value is -0.760. The maximum Gasteiger partial charge on any atom is 0.251 e. The molecule has 2 saturated heterocycles. The predicted molar refractivity (Wildman–Crippen MR) is 109 cm³/mol. The number of sulfone groups is 1. The molecule has 0 bridgehead atoms. The van der Waals surface area contributed by atoms with Crippen LogP contribution in [-0.2, 0) is 14.6 Å².